The van der Waals surface area contributed by atoms with Crippen LogP contribution in [-0.2, 0) is 9.53 Å². The molecule has 0 saturated heterocycles. The van der Waals surface area contributed by atoms with Crippen molar-refractivity contribution in [2.24, 2.45) is 0 Å². The summed E-state index contributed by atoms with van der Waals surface area (Å²) in [6.07, 6.45) is 0.542. The topological polar surface area (TPSA) is 58.6 Å². The zero-order valence-electron chi connectivity index (χ0n) is 11.7. The molecule has 0 radical (unpaired) electrons. The van der Waals surface area contributed by atoms with Gasteiger partial charge in [0.2, 0.25) is 0 Å². The zero-order valence-corrected chi connectivity index (χ0v) is 13.2. The Balaban J connectivity index is 2.01. The third-order valence-corrected chi connectivity index (χ3v) is 4.04. The molecule has 114 valence electrons. The number of carbonyl (C=O) groups excluding carboxylic acids is 1. The van der Waals surface area contributed by atoms with E-state index in [2.05, 4.69) is 5.32 Å². The van der Waals surface area contributed by atoms with Crippen molar-refractivity contribution in [3.8, 4) is 0 Å². The molecular formula is C15H17Cl2NO3. The maximum Gasteiger partial charge on any atom is 0.250 e. The highest BCUT2D eigenvalue weighted by Crippen LogP contribution is 2.30. The number of hydrogen-bond donors (Lipinski definition) is 2. The maximum atomic E-state index is 12.1. The van der Waals surface area contributed by atoms with Gasteiger partial charge in [-0.25, -0.2) is 0 Å². The van der Waals surface area contributed by atoms with Gasteiger partial charge in [-0.15, -0.1) is 0 Å². The molecule has 0 spiro atoms. The molecule has 2 rings (SSSR count). The number of aliphatic hydroxyl groups excluding tert-OH is 1. The maximum absolute atomic E-state index is 12.1. The first-order valence-corrected chi connectivity index (χ1v) is 7.49. The van der Waals surface area contributed by atoms with E-state index < -0.39 is 6.10 Å². The second-order valence-electron chi connectivity index (χ2n) is 4.85. The van der Waals surface area contributed by atoms with Gasteiger partial charge in [-0.1, -0.05) is 29.3 Å². The van der Waals surface area contributed by atoms with Gasteiger partial charge < -0.3 is 15.2 Å². The molecule has 1 aliphatic rings. The van der Waals surface area contributed by atoms with Gasteiger partial charge in [0.25, 0.3) is 5.91 Å². The number of amides is 1. The van der Waals surface area contributed by atoms with E-state index >= 15 is 0 Å². The van der Waals surface area contributed by atoms with Crippen molar-refractivity contribution in [2.75, 3.05) is 13.2 Å². The van der Waals surface area contributed by atoms with E-state index in [4.69, 9.17) is 27.9 Å². The molecule has 1 amide bonds. The fraction of sp³-hybridized carbons (Fsp3) is 0.400. The summed E-state index contributed by atoms with van der Waals surface area (Å²) in [5.41, 5.74) is 1.05. The number of hydrogen-bond acceptors (Lipinski definition) is 3. The van der Waals surface area contributed by atoms with Crippen molar-refractivity contribution in [1.29, 1.82) is 0 Å². The van der Waals surface area contributed by atoms with Crippen LogP contribution in [0.15, 0.2) is 29.5 Å². The van der Waals surface area contributed by atoms with Gasteiger partial charge in [-0.05, 0) is 31.9 Å². The first kappa shape index (κ1) is 16.1. The molecule has 1 unspecified atom stereocenters. The minimum Gasteiger partial charge on any atom is -0.498 e. The predicted molar refractivity (Wildman–Crippen MR) is 82.3 cm³/mol. The molecule has 0 saturated carbocycles. The number of halogens is 2. The molecule has 4 nitrogen and oxygen atoms in total. The number of aliphatic hydroxyl groups is 1. The Labute approximate surface area is 133 Å². The van der Waals surface area contributed by atoms with Gasteiger partial charge in [0.05, 0.1) is 18.3 Å². The number of ether oxygens (including phenoxy) is 1. The van der Waals surface area contributed by atoms with E-state index in [1.807, 2.05) is 0 Å². The van der Waals surface area contributed by atoms with Crippen molar-refractivity contribution < 1.29 is 14.6 Å². The van der Waals surface area contributed by atoms with Crippen LogP contribution in [0.25, 0.3) is 0 Å². The second-order valence-corrected chi connectivity index (χ2v) is 5.66. The number of rotatable bonds is 4. The van der Waals surface area contributed by atoms with E-state index in [0.717, 1.165) is 6.42 Å². The van der Waals surface area contributed by atoms with Gasteiger partial charge in [0.1, 0.15) is 5.76 Å². The minimum atomic E-state index is -0.958. The molecule has 0 aromatic heterocycles. The molecule has 21 heavy (non-hydrogen) atoms. The summed E-state index contributed by atoms with van der Waals surface area (Å²) >= 11 is 12.1. The van der Waals surface area contributed by atoms with E-state index in [1.165, 1.54) is 0 Å². The Bertz CT molecular complexity index is 552. The first-order chi connectivity index (χ1) is 10.0. The fourth-order valence-corrected chi connectivity index (χ4v) is 2.89. The third kappa shape index (κ3) is 3.90. The van der Waals surface area contributed by atoms with E-state index in [1.54, 1.807) is 25.1 Å². The Morgan fingerprint density at radius 1 is 1.43 bits per heavy atom. The highest BCUT2D eigenvalue weighted by molar-refractivity contribution is 6.36. The van der Waals surface area contributed by atoms with Crippen LogP contribution >= 0.6 is 23.2 Å². The van der Waals surface area contributed by atoms with Crippen LogP contribution in [0, 0.1) is 0 Å². The summed E-state index contributed by atoms with van der Waals surface area (Å²) in [5.74, 6) is 0.415. The van der Waals surface area contributed by atoms with Crippen LogP contribution in [-0.4, -0.2) is 24.2 Å². The van der Waals surface area contributed by atoms with E-state index in [0.29, 0.717) is 40.0 Å². The molecule has 0 fully saturated rings. The summed E-state index contributed by atoms with van der Waals surface area (Å²) in [7, 11) is 0. The van der Waals surface area contributed by atoms with Gasteiger partial charge in [-0.3, -0.25) is 4.79 Å². The second kappa shape index (κ2) is 7.16. The van der Waals surface area contributed by atoms with Crippen LogP contribution in [0.5, 0.6) is 0 Å². The zero-order chi connectivity index (χ0) is 15.4. The van der Waals surface area contributed by atoms with Gasteiger partial charge in [-0.2, -0.15) is 0 Å². The van der Waals surface area contributed by atoms with E-state index in [9.17, 15) is 9.90 Å². The van der Waals surface area contributed by atoms with E-state index in [-0.39, 0.29) is 12.5 Å². The SMILES string of the molecule is CC1=C(C(=O)NCC(O)c2c(Cl)cccc2Cl)CCCO1. The smallest absolute Gasteiger partial charge is 0.250 e. The molecule has 1 aromatic carbocycles. The van der Waals surface area contributed by atoms with Crippen molar-refractivity contribution in [2.45, 2.75) is 25.9 Å². The summed E-state index contributed by atoms with van der Waals surface area (Å²) in [5, 5.41) is 13.6. The van der Waals surface area contributed by atoms with Crippen LogP contribution in [0.4, 0.5) is 0 Å². The standard InChI is InChI=1S/C15H17Cl2NO3/c1-9-10(4-3-7-21-9)15(20)18-8-13(19)14-11(16)5-2-6-12(14)17/h2,5-6,13,19H,3-4,7-8H2,1H3,(H,18,20). The molecule has 1 aliphatic heterocycles. The number of benzene rings is 1. The highest BCUT2D eigenvalue weighted by atomic mass is 35.5. The summed E-state index contributed by atoms with van der Waals surface area (Å²) in [6.45, 7) is 2.45. The monoisotopic (exact) mass is 329 g/mol. The van der Waals surface area contributed by atoms with Crippen molar-refractivity contribution in [3.63, 3.8) is 0 Å². The van der Waals surface area contributed by atoms with Crippen molar-refractivity contribution in [3.05, 3.63) is 45.1 Å². The molecular weight excluding hydrogens is 313 g/mol. The quantitative estimate of drug-likeness (QED) is 0.891. The lowest BCUT2D eigenvalue weighted by Gasteiger charge is -2.20. The third-order valence-electron chi connectivity index (χ3n) is 3.38. The molecule has 2 N–H and O–H groups in total. The van der Waals surface area contributed by atoms with Crippen LogP contribution in [0.1, 0.15) is 31.4 Å². The first-order valence-electron chi connectivity index (χ1n) is 6.73. The molecule has 1 heterocycles. The number of allylic oxidation sites excluding steroid dienone is 1. The molecule has 0 bridgehead atoms. The largest absolute Gasteiger partial charge is 0.498 e. The summed E-state index contributed by atoms with van der Waals surface area (Å²) in [6, 6.07) is 5.00. The number of carbonyl (C=O) groups is 1. The lowest BCUT2D eigenvalue weighted by atomic mass is 10.1. The Morgan fingerprint density at radius 2 is 2.10 bits per heavy atom. The highest BCUT2D eigenvalue weighted by Gasteiger charge is 2.20. The normalized spacial score (nSPS) is 16.4. The molecule has 1 atom stereocenters. The van der Waals surface area contributed by atoms with Crippen LogP contribution < -0.4 is 5.32 Å². The Morgan fingerprint density at radius 3 is 2.71 bits per heavy atom. The van der Waals surface area contributed by atoms with Gasteiger partial charge >= 0.3 is 0 Å². The van der Waals surface area contributed by atoms with Crippen molar-refractivity contribution in [1.82, 2.24) is 5.32 Å². The van der Waals surface area contributed by atoms with Crippen molar-refractivity contribution >= 4 is 29.1 Å². The summed E-state index contributed by atoms with van der Waals surface area (Å²) in [4.78, 5) is 12.1. The lowest BCUT2D eigenvalue weighted by molar-refractivity contribution is -0.118. The molecule has 6 heteroatoms. The Hall–Kier alpha value is -1.23. The number of nitrogens with one attached hydrogen (secondary N) is 1. The Kier molecular flexibility index (Phi) is 5.51. The molecule has 1 aromatic rings. The fourth-order valence-electron chi connectivity index (χ4n) is 2.24. The minimum absolute atomic E-state index is 0.0407. The summed E-state index contributed by atoms with van der Waals surface area (Å²) < 4.78 is 5.36. The lowest BCUT2D eigenvalue weighted by Crippen LogP contribution is -2.31. The average molecular weight is 330 g/mol. The molecule has 0 aliphatic carbocycles. The van der Waals surface area contributed by atoms with Crippen LogP contribution in [0.3, 0.4) is 0 Å². The van der Waals surface area contributed by atoms with Gasteiger partial charge in [0, 0.05) is 22.2 Å². The van der Waals surface area contributed by atoms with Crippen LogP contribution in [0.2, 0.25) is 10.0 Å². The predicted octanol–water partition coefficient (Wildman–Crippen LogP) is 3.23. The average Bonchev–Trinajstić information content (AvgIpc) is 2.45. The van der Waals surface area contributed by atoms with Gasteiger partial charge in [0.15, 0.2) is 0 Å².